The van der Waals surface area contributed by atoms with Gasteiger partial charge in [0.2, 0.25) is 5.67 Å². The first-order chi connectivity index (χ1) is 8.21. The molecule has 2 atom stereocenters. The van der Waals surface area contributed by atoms with Crippen molar-refractivity contribution in [1.29, 1.82) is 0 Å². The van der Waals surface area contributed by atoms with Crippen LogP contribution in [0.5, 0.6) is 0 Å². The second-order valence-corrected chi connectivity index (χ2v) is 4.14. The minimum Gasteiger partial charge on any atom is -0.246 e. The summed E-state index contributed by atoms with van der Waals surface area (Å²) >= 11 is 0. The molecule has 1 aromatic rings. The van der Waals surface area contributed by atoms with E-state index in [0.29, 0.717) is 5.06 Å². The smallest absolute Gasteiger partial charge is 0.246 e. The summed E-state index contributed by atoms with van der Waals surface area (Å²) in [6.07, 6.45) is -5.47. The zero-order valence-corrected chi connectivity index (χ0v) is 9.34. The van der Waals surface area contributed by atoms with Gasteiger partial charge in [-0.25, -0.2) is 9.23 Å². The SMILES string of the molecule is CN1C[C@@](F)(c2ccccc2)[C@@](F)(C(F)(F)F)O1. The maximum Gasteiger partial charge on any atom is 0.453 e. The summed E-state index contributed by atoms with van der Waals surface area (Å²) in [7, 11) is 1.05. The number of alkyl halides is 5. The number of likely N-dealkylation sites (N-methyl/N-ethyl adjacent to an activating group) is 1. The molecule has 0 N–H and O–H groups in total. The monoisotopic (exact) mass is 267 g/mol. The lowest BCUT2D eigenvalue weighted by atomic mass is 9.88. The lowest BCUT2D eigenvalue weighted by Gasteiger charge is -2.32. The quantitative estimate of drug-likeness (QED) is 0.725. The molecule has 1 fully saturated rings. The first-order valence-electron chi connectivity index (χ1n) is 5.11. The van der Waals surface area contributed by atoms with Gasteiger partial charge in [-0.05, 0) is 5.56 Å². The fraction of sp³-hybridized carbons (Fsp3) is 0.455. The number of halogens is 5. The predicted octanol–water partition coefficient (Wildman–Crippen LogP) is 2.96. The molecule has 0 unspecified atom stereocenters. The van der Waals surface area contributed by atoms with Gasteiger partial charge in [0, 0.05) is 7.05 Å². The van der Waals surface area contributed by atoms with E-state index in [1.165, 1.54) is 18.2 Å². The van der Waals surface area contributed by atoms with E-state index in [1.807, 2.05) is 0 Å². The lowest BCUT2D eigenvalue weighted by molar-refractivity contribution is -0.387. The number of nitrogens with zero attached hydrogens (tertiary/aromatic N) is 1. The molecule has 0 saturated carbocycles. The molecule has 1 aliphatic rings. The maximum absolute atomic E-state index is 14.6. The van der Waals surface area contributed by atoms with Crippen molar-refractivity contribution in [3.8, 4) is 0 Å². The molecule has 2 rings (SSSR count). The summed E-state index contributed by atoms with van der Waals surface area (Å²) in [6, 6.07) is 6.38. The number of hydroxylamine groups is 2. The third-order valence-electron chi connectivity index (χ3n) is 2.83. The highest BCUT2D eigenvalue weighted by Gasteiger charge is 2.76. The molecule has 7 heteroatoms. The molecule has 0 bridgehead atoms. The summed E-state index contributed by atoms with van der Waals surface area (Å²) in [6.45, 7) is -0.840. The molecule has 100 valence electrons. The van der Waals surface area contributed by atoms with Gasteiger partial charge in [-0.1, -0.05) is 30.3 Å². The summed E-state index contributed by atoms with van der Waals surface area (Å²) in [5.41, 5.74) is -3.70. The van der Waals surface area contributed by atoms with Gasteiger partial charge < -0.3 is 0 Å². The van der Waals surface area contributed by atoms with Crippen molar-refractivity contribution in [1.82, 2.24) is 5.06 Å². The van der Waals surface area contributed by atoms with Gasteiger partial charge in [0.25, 0.3) is 0 Å². The highest BCUT2D eigenvalue weighted by molar-refractivity contribution is 5.28. The highest BCUT2D eigenvalue weighted by atomic mass is 19.4. The van der Waals surface area contributed by atoms with Gasteiger partial charge in [0.1, 0.15) is 0 Å². The van der Waals surface area contributed by atoms with Crippen LogP contribution in [0.4, 0.5) is 22.0 Å². The average Bonchev–Trinajstić information content (AvgIpc) is 2.52. The first-order valence-corrected chi connectivity index (χ1v) is 5.11. The number of rotatable bonds is 1. The molecule has 0 aliphatic carbocycles. The standard InChI is InChI=1S/C11H10F5NO/c1-17-7-9(12,8-5-3-2-4-6-8)10(13,18-17)11(14,15)16/h2-6H,7H2,1H3/t9-,10+/m1/s1. The summed E-state index contributed by atoms with van der Waals surface area (Å²) in [5, 5.41) is 0.514. The van der Waals surface area contributed by atoms with Crippen LogP contribution in [0.2, 0.25) is 0 Å². The van der Waals surface area contributed by atoms with Crippen LogP contribution in [0.3, 0.4) is 0 Å². The van der Waals surface area contributed by atoms with E-state index in [9.17, 15) is 22.0 Å². The third-order valence-corrected chi connectivity index (χ3v) is 2.83. The molecule has 0 aromatic heterocycles. The zero-order valence-electron chi connectivity index (χ0n) is 9.34. The van der Waals surface area contributed by atoms with Gasteiger partial charge in [-0.15, -0.1) is 0 Å². The van der Waals surface area contributed by atoms with E-state index in [1.54, 1.807) is 0 Å². The van der Waals surface area contributed by atoms with Gasteiger partial charge >= 0.3 is 12.0 Å². The fourth-order valence-corrected chi connectivity index (χ4v) is 1.98. The Morgan fingerprint density at radius 1 is 1.17 bits per heavy atom. The van der Waals surface area contributed by atoms with E-state index < -0.39 is 29.8 Å². The summed E-state index contributed by atoms with van der Waals surface area (Å²) in [4.78, 5) is 4.05. The second kappa shape index (κ2) is 3.89. The van der Waals surface area contributed by atoms with Crippen molar-refractivity contribution in [2.75, 3.05) is 13.6 Å². The summed E-state index contributed by atoms with van der Waals surface area (Å²) < 4.78 is 66.8. The largest absolute Gasteiger partial charge is 0.453 e. The van der Waals surface area contributed by atoms with Crippen LogP contribution in [0, 0.1) is 0 Å². The fourth-order valence-electron chi connectivity index (χ4n) is 1.98. The molecule has 0 spiro atoms. The Hall–Kier alpha value is -1.21. The Morgan fingerprint density at radius 2 is 1.72 bits per heavy atom. The molecular weight excluding hydrogens is 257 g/mol. The van der Waals surface area contributed by atoms with Gasteiger partial charge in [0.15, 0.2) is 0 Å². The van der Waals surface area contributed by atoms with Crippen LogP contribution in [0.25, 0.3) is 0 Å². The van der Waals surface area contributed by atoms with Crippen LogP contribution in [-0.4, -0.2) is 30.7 Å². The van der Waals surface area contributed by atoms with Crippen molar-refractivity contribution < 1.29 is 26.8 Å². The Kier molecular flexibility index (Phi) is 2.86. The molecule has 1 saturated heterocycles. The Morgan fingerprint density at radius 3 is 2.22 bits per heavy atom. The molecule has 0 radical (unpaired) electrons. The third kappa shape index (κ3) is 1.69. The maximum atomic E-state index is 14.6. The van der Waals surface area contributed by atoms with E-state index in [-0.39, 0.29) is 0 Å². The number of hydrogen-bond acceptors (Lipinski definition) is 2. The van der Waals surface area contributed by atoms with E-state index in [4.69, 9.17) is 0 Å². The first kappa shape index (κ1) is 13.2. The highest BCUT2D eigenvalue weighted by Crippen LogP contribution is 2.54. The van der Waals surface area contributed by atoms with Crippen LogP contribution in [0.15, 0.2) is 30.3 Å². The van der Waals surface area contributed by atoms with E-state index in [0.717, 1.165) is 19.2 Å². The molecule has 0 amide bonds. The molecular formula is C11H10F5NO. The van der Waals surface area contributed by atoms with Crippen molar-refractivity contribution in [3.63, 3.8) is 0 Å². The Bertz CT molecular complexity index is 437. The van der Waals surface area contributed by atoms with Crippen LogP contribution in [0.1, 0.15) is 5.56 Å². The molecule has 1 aromatic carbocycles. The van der Waals surface area contributed by atoms with Gasteiger partial charge in [-0.2, -0.15) is 22.6 Å². The zero-order chi connectivity index (χ0) is 13.6. The second-order valence-electron chi connectivity index (χ2n) is 4.14. The topological polar surface area (TPSA) is 12.5 Å². The number of hydrogen-bond donors (Lipinski definition) is 0. The van der Waals surface area contributed by atoms with Crippen molar-refractivity contribution in [2.45, 2.75) is 17.7 Å². The van der Waals surface area contributed by atoms with Crippen molar-refractivity contribution >= 4 is 0 Å². The van der Waals surface area contributed by atoms with Crippen molar-refractivity contribution in [2.24, 2.45) is 0 Å². The number of benzene rings is 1. The van der Waals surface area contributed by atoms with E-state index in [2.05, 4.69) is 4.84 Å². The molecule has 1 heterocycles. The van der Waals surface area contributed by atoms with E-state index >= 15 is 0 Å². The minimum absolute atomic E-state index is 0.408. The lowest BCUT2D eigenvalue weighted by Crippen LogP contribution is -2.54. The predicted molar refractivity (Wildman–Crippen MR) is 52.8 cm³/mol. The van der Waals surface area contributed by atoms with Crippen LogP contribution in [-0.2, 0) is 10.5 Å². The Balaban J connectivity index is 2.54. The Labute approximate surface area is 99.9 Å². The summed E-state index contributed by atoms with van der Waals surface area (Å²) in [5.74, 6) is -4.38. The molecule has 2 nitrogen and oxygen atoms in total. The average molecular weight is 267 g/mol. The van der Waals surface area contributed by atoms with Gasteiger partial charge in [-0.3, -0.25) is 0 Å². The van der Waals surface area contributed by atoms with Crippen LogP contribution >= 0.6 is 0 Å². The van der Waals surface area contributed by atoms with Gasteiger partial charge in [0.05, 0.1) is 6.54 Å². The van der Waals surface area contributed by atoms with Crippen LogP contribution < -0.4 is 0 Å². The minimum atomic E-state index is -5.47. The molecule has 18 heavy (non-hydrogen) atoms. The normalized spacial score (nSPS) is 33.9. The van der Waals surface area contributed by atoms with Crippen molar-refractivity contribution in [3.05, 3.63) is 35.9 Å². The molecule has 1 aliphatic heterocycles.